The van der Waals surface area contributed by atoms with E-state index in [1.54, 1.807) is 25.3 Å². The first-order valence-corrected chi connectivity index (χ1v) is 6.98. The average molecular weight is 299 g/mol. The van der Waals surface area contributed by atoms with E-state index in [0.717, 1.165) is 25.7 Å². The molecule has 0 heterocycles. The van der Waals surface area contributed by atoms with Gasteiger partial charge in [0, 0.05) is 18.6 Å². The summed E-state index contributed by atoms with van der Waals surface area (Å²) in [6, 6.07) is 5.05. The van der Waals surface area contributed by atoms with E-state index in [2.05, 4.69) is 5.16 Å². The largest absolute Gasteiger partial charge is 0.490 e. The fourth-order valence-electron chi connectivity index (χ4n) is 2.46. The first kappa shape index (κ1) is 14.9. The molecule has 1 aliphatic carbocycles. The topological polar surface area (TPSA) is 77.1 Å². The summed E-state index contributed by atoms with van der Waals surface area (Å²) in [6.45, 7) is 0. The maximum absolute atomic E-state index is 8.82. The molecule has 0 amide bonds. The normalized spacial score (nSPS) is 23.6. The van der Waals surface area contributed by atoms with Crippen LogP contribution in [0.3, 0.4) is 0 Å². The van der Waals surface area contributed by atoms with Gasteiger partial charge in [-0.1, -0.05) is 16.8 Å². The molecule has 2 unspecified atom stereocenters. The summed E-state index contributed by atoms with van der Waals surface area (Å²) in [4.78, 5) is 0. The lowest BCUT2D eigenvalue weighted by molar-refractivity contribution is 0.0209. The molecule has 1 aliphatic rings. The van der Waals surface area contributed by atoms with E-state index in [-0.39, 0.29) is 18.0 Å². The molecule has 20 heavy (non-hydrogen) atoms. The van der Waals surface area contributed by atoms with E-state index >= 15 is 0 Å². The molecular weight excluding hydrogens is 280 g/mol. The molecule has 0 radical (unpaired) electrons. The first-order valence-electron chi connectivity index (χ1n) is 6.61. The third-order valence-electron chi connectivity index (χ3n) is 3.53. The van der Waals surface area contributed by atoms with Crippen LogP contribution < -0.4 is 10.5 Å². The predicted molar refractivity (Wildman–Crippen MR) is 77.6 cm³/mol. The molecule has 1 aromatic rings. The molecule has 1 saturated carbocycles. The summed E-state index contributed by atoms with van der Waals surface area (Å²) in [5.74, 6) is 0.547. The third kappa shape index (κ3) is 3.55. The molecule has 0 spiro atoms. The van der Waals surface area contributed by atoms with E-state index in [9.17, 15) is 0 Å². The Kier molecular flexibility index (Phi) is 5.09. The maximum Gasteiger partial charge on any atom is 0.173 e. The molecule has 1 aromatic carbocycles. The highest BCUT2D eigenvalue weighted by Crippen LogP contribution is 2.29. The number of benzene rings is 1. The Morgan fingerprint density at radius 2 is 2.15 bits per heavy atom. The molecule has 5 nitrogen and oxygen atoms in total. The van der Waals surface area contributed by atoms with Crippen molar-refractivity contribution in [3.63, 3.8) is 0 Å². The standard InChI is InChI=1S/C14H19ClN2O3/c1-19-10-3-2-4-11(8-10)20-13-7-9(15)5-6-12(13)14(16)17-18/h5-7,10-11,18H,2-4,8H2,1H3,(H2,16,17). The molecule has 3 N–H and O–H groups in total. The fraction of sp³-hybridized carbons (Fsp3) is 0.500. The third-order valence-corrected chi connectivity index (χ3v) is 3.77. The molecule has 1 fully saturated rings. The number of hydrogen-bond acceptors (Lipinski definition) is 4. The number of rotatable bonds is 4. The van der Waals surface area contributed by atoms with Crippen LogP contribution in [0, 0.1) is 0 Å². The van der Waals surface area contributed by atoms with Crippen LogP contribution in [0.5, 0.6) is 5.75 Å². The van der Waals surface area contributed by atoms with Crippen molar-refractivity contribution in [2.75, 3.05) is 7.11 Å². The smallest absolute Gasteiger partial charge is 0.173 e. The van der Waals surface area contributed by atoms with Gasteiger partial charge in [0.2, 0.25) is 0 Å². The van der Waals surface area contributed by atoms with Crippen molar-refractivity contribution in [2.45, 2.75) is 37.9 Å². The van der Waals surface area contributed by atoms with Crippen LogP contribution in [0.2, 0.25) is 5.02 Å². The number of amidine groups is 1. The molecule has 0 aromatic heterocycles. The second kappa shape index (κ2) is 6.81. The van der Waals surface area contributed by atoms with Crippen LogP contribution in [0.1, 0.15) is 31.2 Å². The Morgan fingerprint density at radius 1 is 1.40 bits per heavy atom. The van der Waals surface area contributed by atoms with Gasteiger partial charge in [0.05, 0.1) is 11.7 Å². The molecule has 0 bridgehead atoms. The lowest BCUT2D eigenvalue weighted by atomic mass is 9.95. The molecule has 110 valence electrons. The lowest BCUT2D eigenvalue weighted by Crippen LogP contribution is -2.30. The van der Waals surface area contributed by atoms with Crippen LogP contribution in [0.25, 0.3) is 0 Å². The Morgan fingerprint density at radius 3 is 2.85 bits per heavy atom. The Balaban J connectivity index is 2.17. The number of nitrogens with two attached hydrogens (primary N) is 1. The average Bonchev–Trinajstić information content (AvgIpc) is 2.47. The first-order chi connectivity index (χ1) is 9.63. The number of oxime groups is 1. The van der Waals surface area contributed by atoms with Crippen molar-refractivity contribution in [1.29, 1.82) is 0 Å². The number of methoxy groups -OCH3 is 1. The second-order valence-electron chi connectivity index (χ2n) is 4.89. The highest BCUT2D eigenvalue weighted by molar-refractivity contribution is 6.30. The van der Waals surface area contributed by atoms with Gasteiger partial charge in [-0.25, -0.2) is 0 Å². The van der Waals surface area contributed by atoms with Gasteiger partial charge in [-0.15, -0.1) is 0 Å². The summed E-state index contributed by atoms with van der Waals surface area (Å²) in [6.07, 6.45) is 4.18. The van der Waals surface area contributed by atoms with E-state index in [0.29, 0.717) is 16.3 Å². The van der Waals surface area contributed by atoms with Crippen LogP contribution in [0.4, 0.5) is 0 Å². The molecule has 0 aliphatic heterocycles. The van der Waals surface area contributed by atoms with Gasteiger partial charge in [0.1, 0.15) is 11.9 Å². The minimum Gasteiger partial charge on any atom is -0.490 e. The van der Waals surface area contributed by atoms with Crippen LogP contribution in [-0.4, -0.2) is 30.4 Å². The van der Waals surface area contributed by atoms with Crippen LogP contribution in [0.15, 0.2) is 23.4 Å². The summed E-state index contributed by atoms with van der Waals surface area (Å²) in [5.41, 5.74) is 6.19. The van der Waals surface area contributed by atoms with E-state index < -0.39 is 0 Å². The van der Waals surface area contributed by atoms with Gasteiger partial charge >= 0.3 is 0 Å². The number of halogens is 1. The van der Waals surface area contributed by atoms with Gasteiger partial charge in [0.25, 0.3) is 0 Å². The molecule has 2 rings (SSSR count). The number of hydrogen-bond donors (Lipinski definition) is 2. The highest BCUT2D eigenvalue weighted by atomic mass is 35.5. The van der Waals surface area contributed by atoms with Crippen molar-refractivity contribution in [1.82, 2.24) is 0 Å². The summed E-state index contributed by atoms with van der Waals surface area (Å²) < 4.78 is 11.4. The van der Waals surface area contributed by atoms with E-state index in [1.165, 1.54) is 0 Å². The fourth-order valence-corrected chi connectivity index (χ4v) is 2.62. The van der Waals surface area contributed by atoms with Crippen LogP contribution >= 0.6 is 11.6 Å². The Bertz CT molecular complexity index is 493. The quantitative estimate of drug-likeness (QED) is 0.388. The molecular formula is C14H19ClN2O3. The summed E-state index contributed by atoms with van der Waals surface area (Å²) in [7, 11) is 1.72. The number of nitrogens with zero attached hydrogens (tertiary/aromatic N) is 1. The van der Waals surface area contributed by atoms with Crippen molar-refractivity contribution >= 4 is 17.4 Å². The SMILES string of the molecule is COC1CCCC(Oc2cc(Cl)ccc2C(N)=NO)C1. The van der Waals surface area contributed by atoms with Crippen molar-refractivity contribution < 1.29 is 14.7 Å². The van der Waals surface area contributed by atoms with Gasteiger partial charge in [-0.3, -0.25) is 0 Å². The van der Waals surface area contributed by atoms with Gasteiger partial charge in [0.15, 0.2) is 5.84 Å². The van der Waals surface area contributed by atoms with Crippen molar-refractivity contribution in [2.24, 2.45) is 10.9 Å². The molecule has 6 heteroatoms. The molecule has 0 saturated heterocycles. The summed E-state index contributed by atoms with van der Waals surface area (Å²) >= 11 is 5.99. The van der Waals surface area contributed by atoms with Crippen molar-refractivity contribution in [3.05, 3.63) is 28.8 Å². The van der Waals surface area contributed by atoms with Crippen molar-refractivity contribution in [3.8, 4) is 5.75 Å². The van der Waals surface area contributed by atoms with Gasteiger partial charge in [-0.2, -0.15) is 0 Å². The monoisotopic (exact) mass is 298 g/mol. The zero-order chi connectivity index (χ0) is 14.5. The maximum atomic E-state index is 8.82. The zero-order valence-corrected chi connectivity index (χ0v) is 12.1. The minimum atomic E-state index is 0.00997. The Labute approximate surface area is 123 Å². The zero-order valence-electron chi connectivity index (χ0n) is 11.4. The van der Waals surface area contributed by atoms with Gasteiger partial charge in [-0.05, 0) is 37.5 Å². The highest BCUT2D eigenvalue weighted by Gasteiger charge is 2.24. The Hall–Kier alpha value is -1.46. The second-order valence-corrected chi connectivity index (χ2v) is 5.33. The lowest BCUT2D eigenvalue weighted by Gasteiger charge is -2.29. The summed E-state index contributed by atoms with van der Waals surface area (Å²) in [5, 5.41) is 12.4. The molecule has 2 atom stereocenters. The van der Waals surface area contributed by atoms with E-state index in [4.69, 9.17) is 32.0 Å². The van der Waals surface area contributed by atoms with Gasteiger partial charge < -0.3 is 20.4 Å². The predicted octanol–water partition coefficient (Wildman–Crippen LogP) is 2.77. The van der Waals surface area contributed by atoms with E-state index in [1.807, 2.05) is 0 Å². The minimum absolute atomic E-state index is 0.00997. The van der Waals surface area contributed by atoms with Crippen LogP contribution in [-0.2, 0) is 4.74 Å². The number of ether oxygens (including phenoxy) is 2.